The van der Waals surface area contributed by atoms with Crippen LogP contribution in [0.4, 0.5) is 5.69 Å². The lowest BCUT2D eigenvalue weighted by molar-refractivity contribution is 0.0519. The standard InChI is InChI=1S/C21H25N3O2/c1-3-26-21(25)20-14(2)19-16-12-15(24-10-6-4-5-7-11-24)8-9-17(16)23-18(19)13-22-20/h8-9,12-13,23H,3-7,10-11H2,1-2H3. The molecule has 5 heteroatoms. The lowest BCUT2D eigenvalue weighted by Crippen LogP contribution is -2.23. The van der Waals surface area contributed by atoms with Gasteiger partial charge in [0.2, 0.25) is 0 Å². The maximum Gasteiger partial charge on any atom is 0.357 e. The molecule has 0 aliphatic carbocycles. The van der Waals surface area contributed by atoms with Gasteiger partial charge in [-0.2, -0.15) is 0 Å². The number of fused-ring (bicyclic) bond motifs is 3. The van der Waals surface area contributed by atoms with Crippen LogP contribution in [-0.2, 0) is 4.74 Å². The first-order valence-electron chi connectivity index (χ1n) is 9.52. The summed E-state index contributed by atoms with van der Waals surface area (Å²) in [6.07, 6.45) is 6.88. The Morgan fingerprint density at radius 3 is 2.69 bits per heavy atom. The number of hydrogen-bond donors (Lipinski definition) is 1. The van der Waals surface area contributed by atoms with Crippen molar-refractivity contribution in [3.63, 3.8) is 0 Å². The fraction of sp³-hybridized carbons (Fsp3) is 0.429. The van der Waals surface area contributed by atoms with Gasteiger partial charge in [-0.05, 0) is 50.5 Å². The molecule has 2 aromatic heterocycles. The van der Waals surface area contributed by atoms with Gasteiger partial charge in [-0.1, -0.05) is 12.8 Å². The molecule has 1 aliphatic heterocycles. The second-order valence-corrected chi connectivity index (χ2v) is 7.00. The number of hydrogen-bond acceptors (Lipinski definition) is 4. The minimum atomic E-state index is -0.357. The molecule has 1 fully saturated rings. The van der Waals surface area contributed by atoms with Crippen LogP contribution in [0.25, 0.3) is 21.8 Å². The number of aryl methyl sites for hydroxylation is 1. The van der Waals surface area contributed by atoms with E-state index in [1.807, 2.05) is 13.8 Å². The third-order valence-corrected chi connectivity index (χ3v) is 5.30. The average molecular weight is 351 g/mol. The normalized spacial score (nSPS) is 15.4. The van der Waals surface area contributed by atoms with Crippen LogP contribution < -0.4 is 4.90 Å². The molecular weight excluding hydrogens is 326 g/mol. The smallest absolute Gasteiger partial charge is 0.357 e. The molecule has 0 amide bonds. The topological polar surface area (TPSA) is 58.2 Å². The summed E-state index contributed by atoms with van der Waals surface area (Å²) in [7, 11) is 0. The molecule has 3 aromatic rings. The monoisotopic (exact) mass is 351 g/mol. The van der Waals surface area contributed by atoms with Crippen molar-refractivity contribution in [1.29, 1.82) is 0 Å². The number of aromatic nitrogens is 2. The quantitative estimate of drug-likeness (QED) is 0.702. The maximum atomic E-state index is 12.2. The first-order valence-corrected chi connectivity index (χ1v) is 9.52. The van der Waals surface area contributed by atoms with E-state index >= 15 is 0 Å². The van der Waals surface area contributed by atoms with Gasteiger partial charge in [-0.15, -0.1) is 0 Å². The third-order valence-electron chi connectivity index (χ3n) is 5.30. The van der Waals surface area contributed by atoms with Gasteiger partial charge in [-0.25, -0.2) is 9.78 Å². The van der Waals surface area contributed by atoms with Crippen LogP contribution in [0.15, 0.2) is 24.4 Å². The van der Waals surface area contributed by atoms with Gasteiger partial charge in [-0.3, -0.25) is 0 Å². The van der Waals surface area contributed by atoms with Crippen molar-refractivity contribution in [3.8, 4) is 0 Å². The Balaban J connectivity index is 1.84. The molecule has 136 valence electrons. The van der Waals surface area contributed by atoms with Crippen molar-refractivity contribution in [3.05, 3.63) is 35.7 Å². The zero-order valence-corrected chi connectivity index (χ0v) is 15.5. The Kier molecular flexibility index (Phi) is 4.53. The van der Waals surface area contributed by atoms with Gasteiger partial charge in [0, 0.05) is 35.1 Å². The molecule has 1 saturated heterocycles. The number of nitrogens with one attached hydrogen (secondary N) is 1. The molecule has 5 nitrogen and oxygen atoms in total. The van der Waals surface area contributed by atoms with E-state index in [1.54, 1.807) is 6.20 Å². The summed E-state index contributed by atoms with van der Waals surface area (Å²) in [6, 6.07) is 6.58. The van der Waals surface area contributed by atoms with Crippen LogP contribution in [0.1, 0.15) is 48.7 Å². The number of esters is 1. The number of carbonyl (C=O) groups excluding carboxylic acids is 1. The number of benzene rings is 1. The summed E-state index contributed by atoms with van der Waals surface area (Å²) in [5.74, 6) is -0.357. The second kappa shape index (κ2) is 6.98. The summed E-state index contributed by atoms with van der Waals surface area (Å²) in [5.41, 5.74) is 4.57. The van der Waals surface area contributed by atoms with Gasteiger partial charge in [0.05, 0.1) is 18.3 Å². The molecular formula is C21H25N3O2. The summed E-state index contributed by atoms with van der Waals surface area (Å²) in [4.78, 5) is 22.5. The van der Waals surface area contributed by atoms with Crippen molar-refractivity contribution < 1.29 is 9.53 Å². The molecule has 1 aliphatic rings. The van der Waals surface area contributed by atoms with Crippen molar-refractivity contribution in [2.45, 2.75) is 39.5 Å². The number of ether oxygens (including phenoxy) is 1. The highest BCUT2D eigenvalue weighted by Crippen LogP contribution is 2.32. The fourth-order valence-corrected chi connectivity index (χ4v) is 3.98. The summed E-state index contributed by atoms with van der Waals surface area (Å²) >= 11 is 0. The van der Waals surface area contributed by atoms with E-state index in [0.29, 0.717) is 12.3 Å². The third kappa shape index (κ3) is 2.91. The van der Waals surface area contributed by atoms with Crippen LogP contribution in [-0.4, -0.2) is 35.6 Å². The minimum Gasteiger partial charge on any atom is -0.461 e. The minimum absolute atomic E-state index is 0.352. The van der Waals surface area contributed by atoms with Gasteiger partial charge in [0.25, 0.3) is 0 Å². The van der Waals surface area contributed by atoms with Crippen molar-refractivity contribution >= 4 is 33.5 Å². The zero-order valence-electron chi connectivity index (χ0n) is 15.5. The highest BCUT2D eigenvalue weighted by molar-refractivity contribution is 6.11. The molecule has 0 spiro atoms. The Morgan fingerprint density at radius 1 is 1.19 bits per heavy atom. The summed E-state index contributed by atoms with van der Waals surface area (Å²) < 4.78 is 5.16. The van der Waals surface area contributed by atoms with Crippen molar-refractivity contribution in [1.82, 2.24) is 9.97 Å². The fourth-order valence-electron chi connectivity index (χ4n) is 3.98. The molecule has 0 atom stereocenters. The molecule has 0 saturated carbocycles. The number of nitrogens with zero attached hydrogens (tertiary/aromatic N) is 2. The molecule has 1 N–H and O–H groups in total. The first-order chi connectivity index (χ1) is 12.7. The average Bonchev–Trinajstić information content (AvgIpc) is 2.81. The second-order valence-electron chi connectivity index (χ2n) is 7.00. The highest BCUT2D eigenvalue weighted by Gasteiger charge is 2.18. The number of H-pyrrole nitrogens is 1. The van der Waals surface area contributed by atoms with Crippen LogP contribution in [0.2, 0.25) is 0 Å². The number of rotatable bonds is 3. The maximum absolute atomic E-state index is 12.2. The Morgan fingerprint density at radius 2 is 1.96 bits per heavy atom. The van der Waals surface area contributed by atoms with E-state index in [-0.39, 0.29) is 5.97 Å². The lowest BCUT2D eigenvalue weighted by Gasteiger charge is -2.22. The molecule has 0 unspecified atom stereocenters. The van der Waals surface area contributed by atoms with E-state index < -0.39 is 0 Å². The Bertz CT molecular complexity index is 953. The van der Waals surface area contributed by atoms with E-state index in [0.717, 1.165) is 40.5 Å². The van der Waals surface area contributed by atoms with Gasteiger partial charge < -0.3 is 14.6 Å². The summed E-state index contributed by atoms with van der Waals surface area (Å²) in [5, 5.41) is 2.21. The van der Waals surface area contributed by atoms with E-state index in [9.17, 15) is 4.79 Å². The largest absolute Gasteiger partial charge is 0.461 e. The van der Waals surface area contributed by atoms with Crippen LogP contribution >= 0.6 is 0 Å². The van der Waals surface area contributed by atoms with E-state index in [4.69, 9.17) is 4.74 Å². The molecule has 0 bridgehead atoms. The highest BCUT2D eigenvalue weighted by atomic mass is 16.5. The number of carbonyl (C=O) groups is 1. The molecule has 26 heavy (non-hydrogen) atoms. The zero-order chi connectivity index (χ0) is 18.1. The first kappa shape index (κ1) is 16.9. The van der Waals surface area contributed by atoms with Crippen LogP contribution in [0, 0.1) is 6.92 Å². The molecule has 4 rings (SSSR count). The number of aromatic amines is 1. The predicted molar refractivity (Wildman–Crippen MR) is 105 cm³/mol. The predicted octanol–water partition coefficient (Wildman–Crippen LogP) is 4.58. The van der Waals surface area contributed by atoms with Crippen LogP contribution in [0.5, 0.6) is 0 Å². The van der Waals surface area contributed by atoms with Gasteiger partial charge >= 0.3 is 5.97 Å². The molecule has 1 aromatic carbocycles. The molecule has 3 heterocycles. The number of anilines is 1. The Hall–Kier alpha value is -2.56. The van der Waals surface area contributed by atoms with E-state index in [1.165, 1.54) is 31.4 Å². The van der Waals surface area contributed by atoms with Crippen molar-refractivity contribution in [2.24, 2.45) is 0 Å². The lowest BCUT2D eigenvalue weighted by atomic mass is 10.1. The molecule has 0 radical (unpaired) electrons. The summed E-state index contributed by atoms with van der Waals surface area (Å²) in [6.45, 7) is 6.34. The van der Waals surface area contributed by atoms with Gasteiger partial charge in [0.15, 0.2) is 5.69 Å². The van der Waals surface area contributed by atoms with Crippen LogP contribution in [0.3, 0.4) is 0 Å². The van der Waals surface area contributed by atoms with E-state index in [2.05, 4.69) is 33.1 Å². The SMILES string of the molecule is CCOC(=O)c1ncc2[nH]c3ccc(N4CCCCCC4)cc3c2c1C. The van der Waals surface area contributed by atoms with Crippen molar-refractivity contribution in [2.75, 3.05) is 24.6 Å². The Labute approximate surface area is 153 Å². The van der Waals surface area contributed by atoms with Gasteiger partial charge in [0.1, 0.15) is 0 Å². The number of pyridine rings is 1.